The molecule has 6 nitrogen and oxygen atoms in total. The number of aliphatic hydroxyl groups excluding tert-OH is 1. The lowest BCUT2D eigenvalue weighted by Crippen LogP contribution is -2.25. The molecule has 152 valence electrons. The van der Waals surface area contributed by atoms with Gasteiger partial charge >= 0.3 is 5.97 Å². The molecule has 3 aromatic carbocycles. The summed E-state index contributed by atoms with van der Waals surface area (Å²) in [5, 5.41) is 14.0. The van der Waals surface area contributed by atoms with Crippen LogP contribution in [-0.2, 0) is 4.79 Å². The van der Waals surface area contributed by atoms with Crippen LogP contribution in [0.3, 0.4) is 0 Å². The molecule has 0 fully saturated rings. The number of hydrogen-bond donors (Lipinski definition) is 2. The zero-order valence-electron chi connectivity index (χ0n) is 15.5. The molecule has 0 heterocycles. The molecule has 0 spiro atoms. The number of halogens is 2. The standard InChI is InChI=1S/C22H16Br2N2O4/c23-17-11-16(13-25-26-21(28)19(27)14-7-3-1-4-8-14)20(18(24)12-17)30-22(29)15-9-5-2-6-10-15/h1-13,19,27H,(H,26,28)/b25-13-/t19-/m0/s1. The number of amides is 1. The summed E-state index contributed by atoms with van der Waals surface area (Å²) in [5.74, 6) is -0.972. The SMILES string of the molecule is O=C(Oc1c(Br)cc(Br)cc1/C=N\NC(=O)[C@@H](O)c1ccccc1)c1ccccc1. The molecule has 0 unspecified atom stereocenters. The van der Waals surface area contributed by atoms with Gasteiger partial charge in [0.2, 0.25) is 0 Å². The number of benzene rings is 3. The van der Waals surface area contributed by atoms with Gasteiger partial charge in [0, 0.05) is 10.0 Å². The van der Waals surface area contributed by atoms with Gasteiger partial charge in [0.25, 0.3) is 5.91 Å². The summed E-state index contributed by atoms with van der Waals surface area (Å²) >= 11 is 6.75. The Bertz CT molecular complexity index is 1070. The minimum atomic E-state index is -1.35. The summed E-state index contributed by atoms with van der Waals surface area (Å²) in [6.45, 7) is 0. The summed E-state index contributed by atoms with van der Waals surface area (Å²) < 4.78 is 6.77. The Morgan fingerprint density at radius 2 is 1.63 bits per heavy atom. The third kappa shape index (κ3) is 5.63. The van der Waals surface area contributed by atoms with Crippen molar-refractivity contribution in [3.63, 3.8) is 0 Å². The lowest BCUT2D eigenvalue weighted by molar-refractivity contribution is -0.129. The first-order valence-corrected chi connectivity index (χ1v) is 10.4. The first-order valence-electron chi connectivity index (χ1n) is 8.78. The molecule has 0 saturated carbocycles. The molecular weight excluding hydrogens is 516 g/mol. The number of hydrazone groups is 1. The average Bonchev–Trinajstić information content (AvgIpc) is 2.76. The van der Waals surface area contributed by atoms with Crippen LogP contribution in [-0.4, -0.2) is 23.2 Å². The third-order valence-corrected chi connectivity index (χ3v) is 5.03. The van der Waals surface area contributed by atoms with Gasteiger partial charge in [-0.3, -0.25) is 4.79 Å². The highest BCUT2D eigenvalue weighted by Crippen LogP contribution is 2.32. The van der Waals surface area contributed by atoms with E-state index in [0.29, 0.717) is 25.6 Å². The maximum absolute atomic E-state index is 12.4. The van der Waals surface area contributed by atoms with Crippen molar-refractivity contribution in [1.82, 2.24) is 5.43 Å². The first kappa shape index (κ1) is 21.9. The highest BCUT2D eigenvalue weighted by atomic mass is 79.9. The van der Waals surface area contributed by atoms with Crippen molar-refractivity contribution >= 4 is 50.0 Å². The van der Waals surface area contributed by atoms with Crippen molar-refractivity contribution < 1.29 is 19.4 Å². The fraction of sp³-hybridized carbons (Fsp3) is 0.0455. The Labute approximate surface area is 189 Å². The van der Waals surface area contributed by atoms with E-state index in [-0.39, 0.29) is 5.75 Å². The van der Waals surface area contributed by atoms with Crippen LogP contribution in [0.5, 0.6) is 5.75 Å². The van der Waals surface area contributed by atoms with E-state index in [0.717, 1.165) is 0 Å². The summed E-state index contributed by atoms with van der Waals surface area (Å²) in [7, 11) is 0. The predicted octanol–water partition coefficient (Wildman–Crippen LogP) is 4.61. The van der Waals surface area contributed by atoms with E-state index in [9.17, 15) is 14.7 Å². The van der Waals surface area contributed by atoms with E-state index >= 15 is 0 Å². The Hall–Kier alpha value is -2.81. The van der Waals surface area contributed by atoms with Gasteiger partial charge < -0.3 is 9.84 Å². The zero-order chi connectivity index (χ0) is 21.5. The van der Waals surface area contributed by atoms with Crippen molar-refractivity contribution in [3.8, 4) is 5.75 Å². The molecule has 0 radical (unpaired) electrons. The second-order valence-corrected chi connectivity index (χ2v) is 7.88. The Balaban J connectivity index is 1.76. The number of aliphatic hydroxyl groups is 1. The normalized spacial score (nSPS) is 11.8. The van der Waals surface area contributed by atoms with E-state index in [1.807, 2.05) is 0 Å². The quantitative estimate of drug-likeness (QED) is 0.210. The Morgan fingerprint density at radius 1 is 1.00 bits per heavy atom. The lowest BCUT2D eigenvalue weighted by Gasteiger charge is -2.11. The summed E-state index contributed by atoms with van der Waals surface area (Å²) in [4.78, 5) is 24.6. The van der Waals surface area contributed by atoms with Gasteiger partial charge in [0.15, 0.2) is 11.9 Å². The van der Waals surface area contributed by atoms with Crippen LogP contribution < -0.4 is 10.2 Å². The van der Waals surface area contributed by atoms with Gasteiger partial charge in [-0.2, -0.15) is 5.10 Å². The Morgan fingerprint density at radius 3 is 2.30 bits per heavy atom. The minimum absolute atomic E-state index is 0.244. The van der Waals surface area contributed by atoms with Crippen molar-refractivity contribution in [2.45, 2.75) is 6.10 Å². The largest absolute Gasteiger partial charge is 0.421 e. The molecule has 3 aromatic rings. The van der Waals surface area contributed by atoms with Gasteiger partial charge in [0.1, 0.15) is 0 Å². The first-order chi connectivity index (χ1) is 14.5. The topological polar surface area (TPSA) is 88.0 Å². The van der Waals surface area contributed by atoms with Crippen LogP contribution in [0.25, 0.3) is 0 Å². The molecule has 0 aromatic heterocycles. The number of rotatable bonds is 6. The molecule has 8 heteroatoms. The van der Waals surface area contributed by atoms with Crippen LogP contribution in [0, 0.1) is 0 Å². The fourth-order valence-electron chi connectivity index (χ4n) is 2.52. The molecule has 3 rings (SSSR count). The molecule has 1 atom stereocenters. The molecule has 0 saturated heterocycles. The van der Waals surface area contributed by atoms with Crippen molar-refractivity contribution in [1.29, 1.82) is 0 Å². The van der Waals surface area contributed by atoms with E-state index in [1.54, 1.807) is 72.8 Å². The molecule has 1 amide bonds. The maximum atomic E-state index is 12.4. The van der Waals surface area contributed by atoms with Crippen LogP contribution in [0.4, 0.5) is 0 Å². The van der Waals surface area contributed by atoms with Crippen LogP contribution in [0.1, 0.15) is 27.6 Å². The molecular formula is C22H16Br2N2O4. The highest BCUT2D eigenvalue weighted by molar-refractivity contribution is 9.11. The lowest BCUT2D eigenvalue weighted by atomic mass is 10.1. The number of nitrogens with one attached hydrogen (secondary N) is 1. The van der Waals surface area contributed by atoms with E-state index in [4.69, 9.17) is 4.74 Å². The maximum Gasteiger partial charge on any atom is 0.343 e. The van der Waals surface area contributed by atoms with Crippen LogP contribution in [0.2, 0.25) is 0 Å². The minimum Gasteiger partial charge on any atom is -0.421 e. The molecule has 0 aliphatic heterocycles. The zero-order valence-corrected chi connectivity index (χ0v) is 18.6. The van der Waals surface area contributed by atoms with E-state index in [1.165, 1.54) is 6.21 Å². The van der Waals surface area contributed by atoms with Gasteiger partial charge in [0.05, 0.1) is 16.3 Å². The summed E-state index contributed by atoms with van der Waals surface area (Å²) in [5.41, 5.74) is 3.58. The van der Waals surface area contributed by atoms with Gasteiger partial charge in [-0.25, -0.2) is 10.2 Å². The van der Waals surface area contributed by atoms with Crippen LogP contribution >= 0.6 is 31.9 Å². The molecule has 0 aliphatic rings. The molecule has 0 bridgehead atoms. The van der Waals surface area contributed by atoms with Crippen molar-refractivity contribution in [2.75, 3.05) is 0 Å². The molecule has 0 aliphatic carbocycles. The number of hydrogen-bond acceptors (Lipinski definition) is 5. The van der Waals surface area contributed by atoms with Gasteiger partial charge in [-0.15, -0.1) is 0 Å². The number of carbonyl (C=O) groups is 2. The van der Waals surface area contributed by atoms with Crippen molar-refractivity contribution in [2.24, 2.45) is 5.10 Å². The second kappa shape index (κ2) is 10.3. The smallest absolute Gasteiger partial charge is 0.343 e. The van der Waals surface area contributed by atoms with E-state index < -0.39 is 18.0 Å². The number of carbonyl (C=O) groups excluding carboxylic acids is 2. The van der Waals surface area contributed by atoms with Gasteiger partial charge in [-0.1, -0.05) is 64.5 Å². The highest BCUT2D eigenvalue weighted by Gasteiger charge is 2.17. The number of ether oxygens (including phenoxy) is 1. The second-order valence-electron chi connectivity index (χ2n) is 6.11. The number of nitrogens with zero attached hydrogens (tertiary/aromatic N) is 1. The van der Waals surface area contributed by atoms with Crippen molar-refractivity contribution in [3.05, 3.63) is 98.4 Å². The summed E-state index contributed by atoms with van der Waals surface area (Å²) in [6, 6.07) is 20.5. The summed E-state index contributed by atoms with van der Waals surface area (Å²) in [6.07, 6.45) is -0.0216. The predicted molar refractivity (Wildman–Crippen MR) is 120 cm³/mol. The van der Waals surface area contributed by atoms with Gasteiger partial charge in [-0.05, 0) is 45.8 Å². The fourth-order valence-corrected chi connectivity index (χ4v) is 3.86. The monoisotopic (exact) mass is 530 g/mol. The molecule has 30 heavy (non-hydrogen) atoms. The average molecular weight is 532 g/mol. The Kier molecular flexibility index (Phi) is 7.51. The third-order valence-electron chi connectivity index (χ3n) is 3.98. The molecule has 2 N–H and O–H groups in total. The van der Waals surface area contributed by atoms with Crippen LogP contribution in [0.15, 0.2) is 86.8 Å². The van der Waals surface area contributed by atoms with E-state index in [2.05, 4.69) is 42.4 Å². The number of esters is 1.